The molecule has 0 atom stereocenters. The second kappa shape index (κ2) is 5.42. The summed E-state index contributed by atoms with van der Waals surface area (Å²) < 4.78 is 2.13. The Hall–Kier alpha value is -1.68. The maximum Gasteiger partial charge on any atom is 0.0493 e. The second-order valence-electron chi connectivity index (χ2n) is 3.50. The lowest BCUT2D eigenvalue weighted by Gasteiger charge is -1.96. The van der Waals surface area contributed by atoms with Crippen LogP contribution in [-0.4, -0.2) is 4.57 Å². The molecule has 0 saturated carbocycles. The zero-order valence-corrected chi connectivity index (χ0v) is 10.5. The van der Waals surface area contributed by atoms with Crippen molar-refractivity contribution in [3.8, 4) is 12.3 Å². The molecule has 1 aromatic carbocycles. The number of fused-ring (bicyclic) bond motifs is 1. The molecule has 84 valence electrons. The summed E-state index contributed by atoms with van der Waals surface area (Å²) in [6.07, 6.45) is 8.60. The molecular weight excluding hydrogens is 194 g/mol. The van der Waals surface area contributed by atoms with Crippen molar-refractivity contribution < 1.29 is 0 Å². The molecule has 1 aromatic heterocycles. The lowest BCUT2D eigenvalue weighted by atomic mass is 10.1. The molecule has 0 fully saturated rings. The monoisotopic (exact) mass is 213 g/mol. The fourth-order valence-corrected chi connectivity index (χ4v) is 1.84. The van der Waals surface area contributed by atoms with Crippen LogP contribution in [-0.2, 0) is 13.5 Å². The number of rotatable bonds is 1. The van der Waals surface area contributed by atoms with Crippen molar-refractivity contribution in [1.29, 1.82) is 0 Å². The summed E-state index contributed by atoms with van der Waals surface area (Å²) in [7, 11) is 2.06. The van der Waals surface area contributed by atoms with Crippen LogP contribution in [0.4, 0.5) is 0 Å². The van der Waals surface area contributed by atoms with Gasteiger partial charge in [-0.05, 0) is 24.1 Å². The van der Waals surface area contributed by atoms with Crippen LogP contribution in [0.5, 0.6) is 0 Å². The Morgan fingerprint density at radius 3 is 2.56 bits per heavy atom. The fraction of sp³-hybridized carbons (Fsp3) is 0.333. The molecule has 1 heterocycles. The number of benzene rings is 1. The van der Waals surface area contributed by atoms with Crippen LogP contribution in [0.2, 0.25) is 0 Å². The molecule has 0 unspecified atom stereocenters. The molecule has 0 spiro atoms. The largest absolute Gasteiger partial charge is 0.350 e. The van der Waals surface area contributed by atoms with Crippen LogP contribution in [0.3, 0.4) is 0 Å². The maximum atomic E-state index is 5.37. The van der Waals surface area contributed by atoms with Gasteiger partial charge in [0.2, 0.25) is 0 Å². The van der Waals surface area contributed by atoms with Gasteiger partial charge in [-0.1, -0.05) is 32.8 Å². The Morgan fingerprint density at radius 2 is 2.00 bits per heavy atom. The van der Waals surface area contributed by atoms with Crippen molar-refractivity contribution in [3.63, 3.8) is 0 Å². The van der Waals surface area contributed by atoms with Gasteiger partial charge in [-0.25, -0.2) is 0 Å². The van der Waals surface area contributed by atoms with Crippen molar-refractivity contribution in [2.75, 3.05) is 0 Å². The number of hydrogen-bond acceptors (Lipinski definition) is 0. The first-order chi connectivity index (χ1) is 7.76. The van der Waals surface area contributed by atoms with Gasteiger partial charge in [0.15, 0.2) is 0 Å². The average molecular weight is 213 g/mol. The van der Waals surface area contributed by atoms with E-state index >= 15 is 0 Å². The van der Waals surface area contributed by atoms with Gasteiger partial charge < -0.3 is 4.57 Å². The summed E-state index contributed by atoms with van der Waals surface area (Å²) in [4.78, 5) is 0. The molecule has 1 nitrogen and oxygen atoms in total. The van der Waals surface area contributed by atoms with E-state index < -0.39 is 0 Å². The molecule has 0 aliphatic heterocycles. The van der Waals surface area contributed by atoms with Crippen LogP contribution in [0.1, 0.15) is 31.9 Å². The first kappa shape index (κ1) is 12.4. The van der Waals surface area contributed by atoms with E-state index in [1.807, 2.05) is 19.9 Å². The summed E-state index contributed by atoms with van der Waals surface area (Å²) in [5, 5.41) is 1.31. The van der Waals surface area contributed by atoms with E-state index in [-0.39, 0.29) is 0 Å². The Labute approximate surface area is 98.1 Å². The molecule has 0 saturated heterocycles. The smallest absolute Gasteiger partial charge is 0.0493 e. The predicted octanol–water partition coefficient (Wildman–Crippen LogP) is 3.75. The van der Waals surface area contributed by atoms with E-state index in [2.05, 4.69) is 42.8 Å². The molecule has 2 aromatic rings. The van der Waals surface area contributed by atoms with Crippen LogP contribution in [0.25, 0.3) is 10.9 Å². The Balaban J connectivity index is 0.000000606. The van der Waals surface area contributed by atoms with E-state index in [0.717, 1.165) is 12.0 Å². The molecule has 0 aliphatic carbocycles. The van der Waals surface area contributed by atoms with Gasteiger partial charge in [-0.2, -0.15) is 0 Å². The lowest BCUT2D eigenvalue weighted by Crippen LogP contribution is -1.84. The summed E-state index contributed by atoms with van der Waals surface area (Å²) >= 11 is 0. The highest BCUT2D eigenvalue weighted by atomic mass is 14.9. The third kappa shape index (κ3) is 2.12. The average Bonchev–Trinajstić information content (AvgIpc) is 2.68. The van der Waals surface area contributed by atoms with E-state index in [1.54, 1.807) is 0 Å². The quantitative estimate of drug-likeness (QED) is 0.636. The topological polar surface area (TPSA) is 4.93 Å². The van der Waals surface area contributed by atoms with Crippen molar-refractivity contribution in [1.82, 2.24) is 4.57 Å². The molecule has 0 radical (unpaired) electrons. The van der Waals surface area contributed by atoms with Gasteiger partial charge in [0, 0.05) is 29.7 Å². The number of aryl methyl sites for hydroxylation is 2. The Bertz CT molecular complexity index is 512. The van der Waals surface area contributed by atoms with E-state index in [4.69, 9.17) is 6.42 Å². The van der Waals surface area contributed by atoms with Gasteiger partial charge in [0.1, 0.15) is 0 Å². The lowest BCUT2D eigenvalue weighted by molar-refractivity contribution is 0.954. The molecule has 16 heavy (non-hydrogen) atoms. The number of nitrogens with zero attached hydrogens (tertiary/aromatic N) is 1. The summed E-state index contributed by atoms with van der Waals surface area (Å²) in [6.45, 7) is 6.17. The first-order valence-electron chi connectivity index (χ1n) is 5.81. The van der Waals surface area contributed by atoms with Crippen molar-refractivity contribution in [2.24, 2.45) is 7.05 Å². The predicted molar refractivity (Wildman–Crippen MR) is 71.6 cm³/mol. The fourth-order valence-electron chi connectivity index (χ4n) is 1.84. The molecule has 1 heteroatoms. The summed E-state index contributed by atoms with van der Waals surface area (Å²) in [5.41, 5.74) is 3.55. The number of hydrogen-bond donors (Lipinski definition) is 0. The highest BCUT2D eigenvalue weighted by Crippen LogP contribution is 2.21. The third-order valence-electron chi connectivity index (χ3n) is 2.62. The minimum Gasteiger partial charge on any atom is -0.350 e. The van der Waals surface area contributed by atoms with Crippen molar-refractivity contribution in [2.45, 2.75) is 27.2 Å². The standard InChI is InChI=1S/C13H13N.C2H6/c1-4-10-6-7-12-11(5-2)9-14(3)13(12)8-10;1-2/h1,6-9H,5H2,2-3H3;1-2H3. The van der Waals surface area contributed by atoms with Crippen molar-refractivity contribution >= 4 is 10.9 Å². The van der Waals surface area contributed by atoms with Crippen LogP contribution in [0, 0.1) is 12.3 Å². The first-order valence-corrected chi connectivity index (χ1v) is 5.81. The minimum atomic E-state index is 0.946. The highest BCUT2D eigenvalue weighted by molar-refractivity contribution is 5.85. The van der Waals surface area contributed by atoms with Crippen LogP contribution >= 0.6 is 0 Å². The maximum absolute atomic E-state index is 5.37. The number of aromatic nitrogens is 1. The summed E-state index contributed by atoms with van der Waals surface area (Å²) in [5.74, 6) is 2.66. The van der Waals surface area contributed by atoms with E-state index in [1.165, 1.54) is 16.5 Å². The molecular formula is C15H19N. The summed E-state index contributed by atoms with van der Waals surface area (Å²) in [6, 6.07) is 6.18. The third-order valence-corrected chi connectivity index (χ3v) is 2.62. The van der Waals surface area contributed by atoms with Crippen LogP contribution < -0.4 is 0 Å². The van der Waals surface area contributed by atoms with E-state index in [9.17, 15) is 0 Å². The Morgan fingerprint density at radius 1 is 1.31 bits per heavy atom. The molecule has 0 bridgehead atoms. The van der Waals surface area contributed by atoms with Gasteiger partial charge in [0.05, 0.1) is 0 Å². The number of terminal acetylenes is 1. The zero-order valence-electron chi connectivity index (χ0n) is 10.5. The van der Waals surface area contributed by atoms with Crippen molar-refractivity contribution in [3.05, 3.63) is 35.5 Å². The van der Waals surface area contributed by atoms with Gasteiger partial charge in [0.25, 0.3) is 0 Å². The van der Waals surface area contributed by atoms with Crippen LogP contribution in [0.15, 0.2) is 24.4 Å². The molecule has 0 N–H and O–H groups in total. The molecule has 0 amide bonds. The molecule has 2 rings (SSSR count). The normalized spacial score (nSPS) is 9.44. The minimum absolute atomic E-state index is 0.946. The SMILES string of the molecule is C#Cc1ccc2c(CC)cn(C)c2c1.CC. The Kier molecular flexibility index (Phi) is 4.19. The highest BCUT2D eigenvalue weighted by Gasteiger charge is 2.04. The van der Waals surface area contributed by atoms with E-state index in [0.29, 0.717) is 0 Å². The van der Waals surface area contributed by atoms with Gasteiger partial charge in [-0.15, -0.1) is 6.42 Å². The van der Waals surface area contributed by atoms with Gasteiger partial charge >= 0.3 is 0 Å². The second-order valence-corrected chi connectivity index (χ2v) is 3.50. The molecule has 0 aliphatic rings. The zero-order chi connectivity index (χ0) is 12.1. The van der Waals surface area contributed by atoms with Gasteiger partial charge in [-0.3, -0.25) is 0 Å².